The molecule has 1 N–H and O–H groups in total. The van der Waals surface area contributed by atoms with E-state index in [0.29, 0.717) is 18.0 Å². The number of halogens is 3. The van der Waals surface area contributed by atoms with Crippen molar-refractivity contribution in [2.24, 2.45) is 11.8 Å². The van der Waals surface area contributed by atoms with Crippen molar-refractivity contribution in [2.45, 2.75) is 101 Å². The number of urea groups is 1. The molecule has 2 unspecified atom stereocenters. The summed E-state index contributed by atoms with van der Waals surface area (Å²) < 4.78 is 27.3. The molecule has 4 aliphatic rings. The van der Waals surface area contributed by atoms with Crippen molar-refractivity contribution in [1.29, 1.82) is 0 Å². The molecule has 1 aromatic rings. The summed E-state index contributed by atoms with van der Waals surface area (Å²) in [5.74, 6) is -2.63. The number of alkyl halides is 2. The number of piperidine rings is 1. The standard InChI is InChI=1S/C30H44F2N4O2.ClH/c1-21(2)19-36-28(38)34(3)20-29(36)17-24-9-10-25(18-29)35(24)16-13-26(22-7-5-4-6-8-22)33-27(37)23-11-14-30(31,32)15-12-23;/h4-8,21,23-26H,9-20H2,1-3H3,(H,33,37);1H/t24?,25?,26-,29?;/m0./s1. The summed E-state index contributed by atoms with van der Waals surface area (Å²) in [5.41, 5.74) is 0.989. The van der Waals surface area contributed by atoms with E-state index in [1.54, 1.807) is 0 Å². The van der Waals surface area contributed by atoms with Crippen LogP contribution in [-0.4, -0.2) is 76.9 Å². The topological polar surface area (TPSA) is 55.9 Å². The minimum Gasteiger partial charge on any atom is -0.349 e. The minimum absolute atomic E-state index is 0. The summed E-state index contributed by atoms with van der Waals surface area (Å²) in [5, 5.41) is 3.24. The number of carbonyl (C=O) groups excluding carboxylic acids is 2. The second-order valence-corrected chi connectivity index (χ2v) is 12.8. The minimum atomic E-state index is -2.63. The normalized spacial score (nSPS) is 29.6. The van der Waals surface area contributed by atoms with E-state index in [-0.39, 0.29) is 67.5 Å². The molecule has 5 rings (SSSR count). The predicted molar refractivity (Wildman–Crippen MR) is 151 cm³/mol. The van der Waals surface area contributed by atoms with Gasteiger partial charge in [0.1, 0.15) is 0 Å². The highest BCUT2D eigenvalue weighted by Crippen LogP contribution is 2.47. The van der Waals surface area contributed by atoms with E-state index in [0.717, 1.165) is 57.3 Å². The van der Waals surface area contributed by atoms with Crippen LogP contribution in [-0.2, 0) is 4.79 Å². The Labute approximate surface area is 238 Å². The fourth-order valence-electron chi connectivity index (χ4n) is 7.65. The number of nitrogens with one attached hydrogen (secondary N) is 1. The van der Waals surface area contributed by atoms with E-state index >= 15 is 0 Å². The van der Waals surface area contributed by atoms with Crippen LogP contribution in [0.1, 0.15) is 83.2 Å². The van der Waals surface area contributed by atoms with Crippen LogP contribution in [0, 0.1) is 11.8 Å². The maximum atomic E-state index is 13.7. The summed E-state index contributed by atoms with van der Waals surface area (Å²) in [6.07, 6.45) is 5.19. The number of rotatable bonds is 8. The first-order chi connectivity index (χ1) is 18.1. The second kappa shape index (κ2) is 11.9. The number of hydrogen-bond donors (Lipinski definition) is 1. The SMILES string of the molecule is CC(C)CN1C(=O)N(C)CC12CC1CCC(C2)N1CC[C@H](NC(=O)C1CCC(F)(F)CC1)c1ccccc1.Cl. The van der Waals surface area contributed by atoms with E-state index in [1.165, 1.54) is 0 Å². The molecule has 39 heavy (non-hydrogen) atoms. The molecule has 3 atom stereocenters. The quantitative estimate of drug-likeness (QED) is 0.428. The van der Waals surface area contributed by atoms with Crippen LogP contribution in [0.3, 0.4) is 0 Å². The van der Waals surface area contributed by atoms with E-state index in [9.17, 15) is 18.4 Å². The average molecular weight is 567 g/mol. The highest BCUT2D eigenvalue weighted by molar-refractivity contribution is 5.85. The smallest absolute Gasteiger partial charge is 0.320 e. The number of hydrogen-bond acceptors (Lipinski definition) is 3. The lowest BCUT2D eigenvalue weighted by Crippen LogP contribution is -2.59. The lowest BCUT2D eigenvalue weighted by molar-refractivity contribution is -0.130. The van der Waals surface area contributed by atoms with Crippen molar-refractivity contribution >= 4 is 24.3 Å². The lowest BCUT2D eigenvalue weighted by atomic mass is 9.81. The summed E-state index contributed by atoms with van der Waals surface area (Å²) >= 11 is 0. The van der Waals surface area contributed by atoms with Crippen molar-refractivity contribution in [3.63, 3.8) is 0 Å². The Morgan fingerprint density at radius 2 is 1.67 bits per heavy atom. The van der Waals surface area contributed by atoms with Gasteiger partial charge in [-0.15, -0.1) is 12.4 Å². The molecule has 1 aromatic carbocycles. The Kier molecular flexibility index (Phi) is 9.16. The summed E-state index contributed by atoms with van der Waals surface area (Å²) in [7, 11) is 1.93. The van der Waals surface area contributed by atoms with Gasteiger partial charge in [-0.05, 0) is 56.4 Å². The van der Waals surface area contributed by atoms with Gasteiger partial charge >= 0.3 is 6.03 Å². The Morgan fingerprint density at radius 1 is 1.05 bits per heavy atom. The fourth-order valence-corrected chi connectivity index (χ4v) is 7.65. The maximum Gasteiger partial charge on any atom is 0.320 e. The van der Waals surface area contributed by atoms with Crippen molar-refractivity contribution in [2.75, 3.05) is 26.7 Å². The number of amides is 3. The third kappa shape index (κ3) is 6.37. The Balaban J connectivity index is 0.00000353. The summed E-state index contributed by atoms with van der Waals surface area (Å²) in [4.78, 5) is 32.9. The third-order valence-corrected chi connectivity index (χ3v) is 9.49. The molecule has 0 radical (unpaired) electrons. The monoisotopic (exact) mass is 566 g/mol. The summed E-state index contributed by atoms with van der Waals surface area (Å²) in [6.45, 7) is 6.85. The zero-order valence-corrected chi connectivity index (χ0v) is 24.4. The van der Waals surface area contributed by atoms with Gasteiger partial charge in [-0.3, -0.25) is 9.69 Å². The van der Waals surface area contributed by atoms with Crippen LogP contribution < -0.4 is 5.32 Å². The second-order valence-electron chi connectivity index (χ2n) is 12.8. The number of likely N-dealkylation sites (N-methyl/N-ethyl adjacent to an activating group) is 1. The molecule has 3 saturated heterocycles. The summed E-state index contributed by atoms with van der Waals surface area (Å²) in [6, 6.07) is 10.9. The zero-order chi connectivity index (χ0) is 27.1. The Morgan fingerprint density at radius 3 is 2.26 bits per heavy atom. The molecule has 3 heterocycles. The first-order valence-electron chi connectivity index (χ1n) is 14.6. The van der Waals surface area contributed by atoms with Crippen LogP contribution in [0.15, 0.2) is 30.3 Å². The molecule has 1 aliphatic carbocycles. The Bertz CT molecular complexity index is 986. The van der Waals surface area contributed by atoms with E-state index in [2.05, 4.69) is 29.0 Å². The Hall–Kier alpha value is -1.93. The molecule has 3 amide bonds. The molecule has 1 saturated carbocycles. The highest BCUT2D eigenvalue weighted by atomic mass is 35.5. The van der Waals surface area contributed by atoms with Gasteiger partial charge in [0.05, 0.1) is 11.6 Å². The maximum absolute atomic E-state index is 13.7. The van der Waals surface area contributed by atoms with Crippen LogP contribution >= 0.6 is 12.4 Å². The van der Waals surface area contributed by atoms with Gasteiger partial charge in [-0.25, -0.2) is 13.6 Å². The van der Waals surface area contributed by atoms with Gasteiger partial charge in [-0.1, -0.05) is 44.2 Å². The average Bonchev–Trinajstić information content (AvgIpc) is 3.25. The van der Waals surface area contributed by atoms with Gasteiger partial charge in [0, 0.05) is 57.5 Å². The highest BCUT2D eigenvalue weighted by Gasteiger charge is 2.56. The molecule has 9 heteroatoms. The van der Waals surface area contributed by atoms with Crippen molar-refractivity contribution in [3.05, 3.63) is 35.9 Å². The van der Waals surface area contributed by atoms with Crippen molar-refractivity contribution < 1.29 is 18.4 Å². The van der Waals surface area contributed by atoms with Gasteiger partial charge in [0.25, 0.3) is 0 Å². The molecular formula is C30H45ClF2N4O2. The van der Waals surface area contributed by atoms with Gasteiger partial charge < -0.3 is 15.1 Å². The van der Waals surface area contributed by atoms with Crippen LogP contribution in [0.4, 0.5) is 13.6 Å². The first kappa shape index (κ1) is 30.0. The molecule has 4 fully saturated rings. The fraction of sp³-hybridized carbons (Fsp3) is 0.733. The van der Waals surface area contributed by atoms with Crippen molar-refractivity contribution in [1.82, 2.24) is 20.0 Å². The predicted octanol–water partition coefficient (Wildman–Crippen LogP) is 5.87. The number of nitrogens with zero attached hydrogens (tertiary/aromatic N) is 3. The molecular weight excluding hydrogens is 522 g/mol. The molecule has 3 aliphatic heterocycles. The van der Waals surface area contributed by atoms with Crippen molar-refractivity contribution in [3.8, 4) is 0 Å². The van der Waals surface area contributed by atoms with Crippen LogP contribution in [0.25, 0.3) is 0 Å². The third-order valence-electron chi connectivity index (χ3n) is 9.49. The molecule has 218 valence electrons. The van der Waals surface area contributed by atoms with Gasteiger partial charge in [0.15, 0.2) is 0 Å². The van der Waals surface area contributed by atoms with Crippen LogP contribution in [0.5, 0.6) is 0 Å². The molecule has 6 nitrogen and oxygen atoms in total. The van der Waals surface area contributed by atoms with E-state index < -0.39 is 5.92 Å². The molecule has 2 bridgehead atoms. The van der Waals surface area contributed by atoms with Gasteiger partial charge in [0.2, 0.25) is 11.8 Å². The molecule has 1 spiro atoms. The van der Waals surface area contributed by atoms with Gasteiger partial charge in [-0.2, -0.15) is 0 Å². The number of benzene rings is 1. The lowest BCUT2D eigenvalue weighted by Gasteiger charge is -2.48. The zero-order valence-electron chi connectivity index (χ0n) is 23.6. The number of carbonyl (C=O) groups is 2. The van der Waals surface area contributed by atoms with E-state index in [1.807, 2.05) is 42.3 Å². The van der Waals surface area contributed by atoms with E-state index in [4.69, 9.17) is 0 Å². The molecule has 0 aromatic heterocycles. The largest absolute Gasteiger partial charge is 0.349 e. The van der Waals surface area contributed by atoms with Crippen LogP contribution in [0.2, 0.25) is 0 Å². The number of fused-ring (bicyclic) bond motifs is 2. The first-order valence-corrected chi connectivity index (χ1v) is 14.6.